The number of aromatic hydroxyl groups is 1. The van der Waals surface area contributed by atoms with E-state index < -0.39 is 0 Å². The van der Waals surface area contributed by atoms with E-state index in [9.17, 15) is 4.79 Å². The van der Waals surface area contributed by atoms with Gasteiger partial charge in [-0.1, -0.05) is 19.1 Å². The fourth-order valence-corrected chi connectivity index (χ4v) is 1.50. The standard InChI is InChI=1S/C12H17NO3/c1-3-13-11(12(15)16-2)8-9-4-6-10(14)7-5-9/h4-7,11,13-14H,3,8H2,1-2H3. The van der Waals surface area contributed by atoms with Gasteiger partial charge in [0, 0.05) is 0 Å². The first-order valence-corrected chi connectivity index (χ1v) is 5.26. The van der Waals surface area contributed by atoms with Crippen LogP contribution in [0.1, 0.15) is 12.5 Å². The van der Waals surface area contributed by atoms with Crippen LogP contribution >= 0.6 is 0 Å². The van der Waals surface area contributed by atoms with E-state index in [0.29, 0.717) is 13.0 Å². The average molecular weight is 223 g/mol. The largest absolute Gasteiger partial charge is 0.508 e. The smallest absolute Gasteiger partial charge is 0.323 e. The number of nitrogens with one attached hydrogen (secondary N) is 1. The first-order chi connectivity index (χ1) is 7.67. The number of esters is 1. The molecule has 16 heavy (non-hydrogen) atoms. The van der Waals surface area contributed by atoms with Crippen LogP contribution in [0.25, 0.3) is 0 Å². The molecule has 2 N–H and O–H groups in total. The maximum absolute atomic E-state index is 11.4. The number of carbonyl (C=O) groups excluding carboxylic acids is 1. The van der Waals surface area contributed by atoms with Gasteiger partial charge in [0.1, 0.15) is 11.8 Å². The van der Waals surface area contributed by atoms with Gasteiger partial charge in [-0.3, -0.25) is 4.79 Å². The van der Waals surface area contributed by atoms with Crippen molar-refractivity contribution < 1.29 is 14.6 Å². The molecule has 0 heterocycles. The first kappa shape index (κ1) is 12.5. The summed E-state index contributed by atoms with van der Waals surface area (Å²) in [6.45, 7) is 2.64. The third-order valence-electron chi connectivity index (χ3n) is 2.31. The molecular formula is C12H17NO3. The van der Waals surface area contributed by atoms with Crippen LogP contribution in [0.15, 0.2) is 24.3 Å². The second-order valence-corrected chi connectivity index (χ2v) is 3.50. The summed E-state index contributed by atoms with van der Waals surface area (Å²) < 4.78 is 4.71. The van der Waals surface area contributed by atoms with Crippen LogP contribution in [0.3, 0.4) is 0 Å². The van der Waals surface area contributed by atoms with Gasteiger partial charge in [-0.2, -0.15) is 0 Å². The maximum atomic E-state index is 11.4. The molecule has 1 aromatic rings. The molecule has 0 aliphatic heterocycles. The van der Waals surface area contributed by atoms with E-state index in [-0.39, 0.29) is 17.8 Å². The first-order valence-electron chi connectivity index (χ1n) is 5.26. The van der Waals surface area contributed by atoms with Crippen molar-refractivity contribution in [3.63, 3.8) is 0 Å². The van der Waals surface area contributed by atoms with Crippen molar-refractivity contribution in [2.24, 2.45) is 0 Å². The van der Waals surface area contributed by atoms with E-state index in [0.717, 1.165) is 5.56 Å². The van der Waals surface area contributed by atoms with Crippen LogP contribution in [0, 0.1) is 0 Å². The lowest BCUT2D eigenvalue weighted by Crippen LogP contribution is -2.39. The number of methoxy groups -OCH3 is 1. The molecule has 88 valence electrons. The normalized spacial score (nSPS) is 12.1. The van der Waals surface area contributed by atoms with Gasteiger partial charge in [-0.15, -0.1) is 0 Å². The summed E-state index contributed by atoms with van der Waals surface area (Å²) in [5.74, 6) is -0.0447. The number of likely N-dealkylation sites (N-methyl/N-ethyl adjacent to an activating group) is 1. The van der Waals surface area contributed by atoms with Crippen LogP contribution in [-0.2, 0) is 16.0 Å². The third kappa shape index (κ3) is 3.55. The zero-order valence-electron chi connectivity index (χ0n) is 9.56. The molecule has 0 radical (unpaired) electrons. The van der Waals surface area contributed by atoms with Gasteiger partial charge in [-0.05, 0) is 30.7 Å². The van der Waals surface area contributed by atoms with E-state index in [1.165, 1.54) is 7.11 Å². The Labute approximate surface area is 95.2 Å². The van der Waals surface area contributed by atoms with Crippen molar-refractivity contribution in [3.8, 4) is 5.75 Å². The maximum Gasteiger partial charge on any atom is 0.323 e. The highest BCUT2D eigenvalue weighted by molar-refractivity contribution is 5.76. The van der Waals surface area contributed by atoms with E-state index in [4.69, 9.17) is 9.84 Å². The predicted molar refractivity (Wildman–Crippen MR) is 61.3 cm³/mol. The number of hydrogen-bond acceptors (Lipinski definition) is 4. The molecule has 4 heteroatoms. The molecule has 0 bridgehead atoms. The van der Waals surface area contributed by atoms with Crippen LogP contribution in [0.4, 0.5) is 0 Å². The SMILES string of the molecule is CCNC(Cc1ccc(O)cc1)C(=O)OC. The molecule has 0 saturated heterocycles. The van der Waals surface area contributed by atoms with Gasteiger partial charge in [-0.25, -0.2) is 0 Å². The minimum Gasteiger partial charge on any atom is -0.508 e. The molecule has 1 atom stereocenters. The van der Waals surface area contributed by atoms with Gasteiger partial charge in [0.15, 0.2) is 0 Å². The summed E-state index contributed by atoms with van der Waals surface area (Å²) in [6, 6.07) is 6.47. The van der Waals surface area contributed by atoms with Gasteiger partial charge in [0.05, 0.1) is 7.11 Å². The summed E-state index contributed by atoms with van der Waals surface area (Å²) in [5.41, 5.74) is 0.981. The second-order valence-electron chi connectivity index (χ2n) is 3.50. The molecule has 0 aliphatic carbocycles. The minimum atomic E-state index is -0.334. The Hall–Kier alpha value is -1.55. The van der Waals surface area contributed by atoms with Crippen molar-refractivity contribution in [1.29, 1.82) is 0 Å². The lowest BCUT2D eigenvalue weighted by atomic mass is 10.1. The number of rotatable bonds is 5. The van der Waals surface area contributed by atoms with E-state index in [1.54, 1.807) is 24.3 Å². The van der Waals surface area contributed by atoms with Crippen molar-refractivity contribution in [3.05, 3.63) is 29.8 Å². The number of carbonyl (C=O) groups is 1. The fourth-order valence-electron chi connectivity index (χ4n) is 1.50. The molecule has 0 aliphatic rings. The number of hydrogen-bond donors (Lipinski definition) is 2. The van der Waals surface area contributed by atoms with E-state index >= 15 is 0 Å². The highest BCUT2D eigenvalue weighted by Gasteiger charge is 2.17. The van der Waals surface area contributed by atoms with Gasteiger partial charge in [0.2, 0.25) is 0 Å². The monoisotopic (exact) mass is 223 g/mol. The minimum absolute atomic E-state index is 0.224. The zero-order valence-corrected chi connectivity index (χ0v) is 9.56. The summed E-state index contributed by atoms with van der Waals surface area (Å²) in [7, 11) is 1.38. The Balaban J connectivity index is 2.67. The molecule has 1 unspecified atom stereocenters. The number of phenols is 1. The van der Waals surface area contributed by atoms with Crippen LogP contribution < -0.4 is 5.32 Å². The lowest BCUT2D eigenvalue weighted by Gasteiger charge is -2.15. The Morgan fingerprint density at radius 1 is 1.44 bits per heavy atom. The Bertz CT molecular complexity index is 335. The number of ether oxygens (including phenoxy) is 1. The van der Waals surface area contributed by atoms with Crippen molar-refractivity contribution in [2.45, 2.75) is 19.4 Å². The highest BCUT2D eigenvalue weighted by atomic mass is 16.5. The molecule has 0 saturated carbocycles. The molecule has 1 aromatic carbocycles. The summed E-state index contributed by atoms with van der Waals surface area (Å²) in [4.78, 5) is 11.4. The van der Waals surface area contributed by atoms with Crippen LogP contribution in [0.5, 0.6) is 5.75 Å². The third-order valence-corrected chi connectivity index (χ3v) is 2.31. The Morgan fingerprint density at radius 3 is 2.56 bits per heavy atom. The van der Waals surface area contributed by atoms with Crippen LogP contribution in [0.2, 0.25) is 0 Å². The number of phenolic OH excluding ortho intramolecular Hbond substituents is 1. The van der Waals surface area contributed by atoms with Gasteiger partial charge >= 0.3 is 5.97 Å². The Morgan fingerprint density at radius 2 is 2.06 bits per heavy atom. The molecule has 0 amide bonds. The van der Waals surface area contributed by atoms with Crippen molar-refractivity contribution in [2.75, 3.05) is 13.7 Å². The van der Waals surface area contributed by atoms with Crippen molar-refractivity contribution >= 4 is 5.97 Å². The molecule has 4 nitrogen and oxygen atoms in total. The topological polar surface area (TPSA) is 58.6 Å². The van der Waals surface area contributed by atoms with Crippen molar-refractivity contribution in [1.82, 2.24) is 5.32 Å². The highest BCUT2D eigenvalue weighted by Crippen LogP contribution is 2.11. The van der Waals surface area contributed by atoms with Gasteiger partial charge < -0.3 is 15.2 Å². The zero-order chi connectivity index (χ0) is 12.0. The molecule has 0 spiro atoms. The molecular weight excluding hydrogens is 206 g/mol. The summed E-state index contributed by atoms with van der Waals surface area (Å²) >= 11 is 0. The Kier molecular flexibility index (Phi) is 4.79. The lowest BCUT2D eigenvalue weighted by molar-refractivity contribution is -0.143. The predicted octanol–water partition coefficient (Wildman–Crippen LogP) is 1.09. The fraction of sp³-hybridized carbons (Fsp3) is 0.417. The van der Waals surface area contributed by atoms with Crippen LogP contribution in [-0.4, -0.2) is 30.8 Å². The second kappa shape index (κ2) is 6.12. The summed E-state index contributed by atoms with van der Waals surface area (Å²) in [6.07, 6.45) is 0.556. The van der Waals surface area contributed by atoms with Gasteiger partial charge in [0.25, 0.3) is 0 Å². The molecule has 1 rings (SSSR count). The quantitative estimate of drug-likeness (QED) is 0.733. The van der Waals surface area contributed by atoms with E-state index in [2.05, 4.69) is 5.32 Å². The summed E-state index contributed by atoms with van der Waals surface area (Å²) in [5, 5.41) is 12.2. The molecule has 0 aromatic heterocycles. The number of benzene rings is 1. The average Bonchev–Trinajstić information content (AvgIpc) is 2.30. The molecule has 0 fully saturated rings. The van der Waals surface area contributed by atoms with E-state index in [1.807, 2.05) is 6.92 Å².